The highest BCUT2D eigenvalue weighted by atomic mass is 32.2. The molecule has 14 heteroatoms. The molecule has 0 saturated heterocycles. The summed E-state index contributed by atoms with van der Waals surface area (Å²) in [5, 5.41) is 10.3. The van der Waals surface area contributed by atoms with Crippen molar-refractivity contribution >= 4 is 43.9 Å². The molecule has 0 aliphatic carbocycles. The Morgan fingerprint density at radius 2 is 1.88 bits per heavy atom. The van der Waals surface area contributed by atoms with Crippen molar-refractivity contribution in [3.63, 3.8) is 0 Å². The highest BCUT2D eigenvalue weighted by molar-refractivity contribution is 7.92. The lowest BCUT2D eigenvalue weighted by atomic mass is 10.1. The summed E-state index contributed by atoms with van der Waals surface area (Å²) in [7, 11) is -4.40. The van der Waals surface area contributed by atoms with E-state index in [1.165, 1.54) is 25.4 Å². The van der Waals surface area contributed by atoms with Gasteiger partial charge in [0.2, 0.25) is 0 Å². The van der Waals surface area contributed by atoms with Crippen molar-refractivity contribution in [3.8, 4) is 5.82 Å². The van der Waals surface area contributed by atoms with E-state index >= 15 is 4.39 Å². The third-order valence-corrected chi connectivity index (χ3v) is 8.06. The molecule has 0 spiro atoms. The molecule has 5 aromatic rings. The van der Waals surface area contributed by atoms with Crippen LogP contribution in [0.3, 0.4) is 0 Å². The minimum Gasteiger partial charge on any atom is -0.382 e. The second kappa shape index (κ2) is 9.79. The van der Waals surface area contributed by atoms with E-state index < -0.39 is 38.8 Å². The third kappa shape index (κ3) is 4.45. The van der Waals surface area contributed by atoms with Gasteiger partial charge in [0, 0.05) is 12.1 Å². The lowest BCUT2D eigenvalue weighted by molar-refractivity contribution is 0.585. The molecule has 2 aromatic carbocycles. The molecule has 0 amide bonds. The Balaban J connectivity index is 1.37. The molecule has 6 rings (SSSR count). The molecule has 1 aliphatic heterocycles. The molecule has 0 radical (unpaired) electrons. The lowest BCUT2D eigenvalue weighted by Crippen LogP contribution is -2.16. The molecular weight excluding hydrogens is 545 g/mol. The SMILES string of the molecule is Cc1c(F)cccc1S(=O)(=O)Nc1ccc(F)c(Nc2ncnc3ccc(-n4ncc5c4CCCN5)nc23)c1F. The van der Waals surface area contributed by atoms with E-state index in [9.17, 15) is 17.2 Å². The van der Waals surface area contributed by atoms with Crippen LogP contribution >= 0.6 is 0 Å². The second-order valence-corrected chi connectivity index (χ2v) is 10.7. The quantitative estimate of drug-likeness (QED) is 0.267. The largest absolute Gasteiger partial charge is 0.382 e. The van der Waals surface area contributed by atoms with Gasteiger partial charge in [-0.05, 0) is 56.2 Å². The topological polar surface area (TPSA) is 127 Å². The average molecular weight is 567 g/mol. The van der Waals surface area contributed by atoms with Crippen LogP contribution in [0.4, 0.5) is 36.1 Å². The van der Waals surface area contributed by atoms with Gasteiger partial charge in [-0.1, -0.05) is 6.07 Å². The fraction of sp³-hybridized carbons (Fsp3) is 0.154. The number of hydrogen-bond acceptors (Lipinski definition) is 8. The van der Waals surface area contributed by atoms with Crippen molar-refractivity contribution in [1.82, 2.24) is 24.7 Å². The number of halogens is 3. The highest BCUT2D eigenvalue weighted by Crippen LogP contribution is 2.32. The van der Waals surface area contributed by atoms with Crippen molar-refractivity contribution in [2.75, 3.05) is 21.9 Å². The molecule has 0 atom stereocenters. The van der Waals surface area contributed by atoms with Crippen LogP contribution in [0.5, 0.6) is 0 Å². The van der Waals surface area contributed by atoms with Crippen LogP contribution in [0.2, 0.25) is 0 Å². The van der Waals surface area contributed by atoms with Crippen LogP contribution in [0.15, 0.2) is 59.9 Å². The summed E-state index contributed by atoms with van der Waals surface area (Å²) >= 11 is 0. The van der Waals surface area contributed by atoms with Crippen LogP contribution in [-0.4, -0.2) is 39.7 Å². The third-order valence-electron chi connectivity index (χ3n) is 6.55. The number of aromatic nitrogens is 5. The number of nitrogens with zero attached hydrogens (tertiary/aromatic N) is 5. The van der Waals surface area contributed by atoms with Gasteiger partial charge in [0.15, 0.2) is 17.5 Å². The lowest BCUT2D eigenvalue weighted by Gasteiger charge is -2.16. The summed E-state index contributed by atoms with van der Waals surface area (Å²) in [6, 6.07) is 8.77. The summed E-state index contributed by atoms with van der Waals surface area (Å²) in [4.78, 5) is 12.6. The maximum absolute atomic E-state index is 15.5. The van der Waals surface area contributed by atoms with Crippen LogP contribution in [0, 0.1) is 24.4 Å². The van der Waals surface area contributed by atoms with Crippen LogP contribution in [-0.2, 0) is 16.4 Å². The highest BCUT2D eigenvalue weighted by Gasteiger charge is 2.24. The Kier molecular flexibility index (Phi) is 6.25. The zero-order valence-corrected chi connectivity index (χ0v) is 21.7. The van der Waals surface area contributed by atoms with Gasteiger partial charge in [0.1, 0.15) is 29.2 Å². The molecule has 0 saturated carbocycles. The monoisotopic (exact) mass is 566 g/mol. The number of rotatable bonds is 6. The van der Waals surface area contributed by atoms with Gasteiger partial charge in [-0.3, -0.25) is 4.72 Å². The molecule has 3 N–H and O–H groups in total. The van der Waals surface area contributed by atoms with Crippen molar-refractivity contribution < 1.29 is 21.6 Å². The number of hydrogen-bond donors (Lipinski definition) is 3. The zero-order valence-electron chi connectivity index (χ0n) is 20.9. The van der Waals surface area contributed by atoms with E-state index in [2.05, 4.69) is 35.4 Å². The Morgan fingerprint density at radius 1 is 1.02 bits per heavy atom. The molecule has 0 fully saturated rings. The van der Waals surface area contributed by atoms with Crippen molar-refractivity contribution in [2.24, 2.45) is 0 Å². The van der Waals surface area contributed by atoms with Crippen LogP contribution in [0.1, 0.15) is 17.7 Å². The van der Waals surface area contributed by atoms with Gasteiger partial charge in [-0.15, -0.1) is 0 Å². The van der Waals surface area contributed by atoms with E-state index in [1.807, 2.05) is 0 Å². The summed E-state index contributed by atoms with van der Waals surface area (Å²) in [6.45, 7) is 2.13. The molecule has 0 unspecified atom stereocenters. The molecule has 3 aromatic heterocycles. The van der Waals surface area contributed by atoms with Gasteiger partial charge in [-0.2, -0.15) is 5.10 Å². The van der Waals surface area contributed by atoms with Crippen molar-refractivity contribution in [2.45, 2.75) is 24.7 Å². The smallest absolute Gasteiger partial charge is 0.262 e. The van der Waals surface area contributed by atoms with E-state index in [4.69, 9.17) is 0 Å². The Labute approximate surface area is 226 Å². The summed E-state index contributed by atoms with van der Waals surface area (Å²) in [6.07, 6.45) is 4.65. The fourth-order valence-electron chi connectivity index (χ4n) is 4.52. The Hall–Kier alpha value is -4.72. The summed E-state index contributed by atoms with van der Waals surface area (Å²) < 4.78 is 73.9. The predicted octanol–water partition coefficient (Wildman–Crippen LogP) is 4.84. The molecule has 40 heavy (non-hydrogen) atoms. The Morgan fingerprint density at radius 3 is 2.73 bits per heavy atom. The average Bonchev–Trinajstić information content (AvgIpc) is 3.38. The van der Waals surface area contributed by atoms with Crippen molar-refractivity contribution in [1.29, 1.82) is 0 Å². The van der Waals surface area contributed by atoms with Crippen LogP contribution < -0.4 is 15.4 Å². The minimum atomic E-state index is -4.40. The first-order valence-electron chi connectivity index (χ1n) is 12.2. The number of nitrogens with one attached hydrogen (secondary N) is 3. The minimum absolute atomic E-state index is 0.00946. The summed E-state index contributed by atoms with van der Waals surface area (Å²) in [5.74, 6) is -2.52. The number of sulfonamides is 1. The maximum Gasteiger partial charge on any atom is 0.262 e. The van der Waals surface area contributed by atoms with Crippen molar-refractivity contribution in [3.05, 3.63) is 83.7 Å². The Bertz CT molecular complexity index is 1900. The van der Waals surface area contributed by atoms with E-state index in [0.717, 1.165) is 49.0 Å². The molecule has 4 heterocycles. The normalized spacial score (nSPS) is 13.1. The molecular formula is C26H21F3N8O2S. The molecule has 1 aliphatic rings. The van der Waals surface area contributed by atoms with Gasteiger partial charge in [0.05, 0.1) is 33.7 Å². The maximum atomic E-state index is 15.5. The van der Waals surface area contributed by atoms with Gasteiger partial charge >= 0.3 is 0 Å². The van der Waals surface area contributed by atoms with E-state index in [-0.39, 0.29) is 21.8 Å². The van der Waals surface area contributed by atoms with Gasteiger partial charge in [0.25, 0.3) is 10.0 Å². The van der Waals surface area contributed by atoms with E-state index in [0.29, 0.717) is 11.3 Å². The molecule has 204 valence electrons. The summed E-state index contributed by atoms with van der Waals surface area (Å²) in [5.41, 5.74) is 1.13. The number of benzene rings is 2. The first-order valence-corrected chi connectivity index (χ1v) is 13.7. The molecule has 0 bridgehead atoms. The van der Waals surface area contributed by atoms with Gasteiger partial charge in [-0.25, -0.2) is 41.2 Å². The fourth-order valence-corrected chi connectivity index (χ4v) is 5.84. The van der Waals surface area contributed by atoms with Gasteiger partial charge < -0.3 is 10.6 Å². The standard InChI is InChI=1S/C26H21F3N8O2S/c1-14-15(27)4-2-6-21(14)40(38,39)36-17-8-7-16(28)24(23(17)29)35-26-25-18(31-13-32-26)9-10-22(34-25)37-20-5-3-11-30-19(20)12-33-37/h2,4,6-10,12-13,30,36H,3,5,11H2,1H3,(H,31,32,35). The number of pyridine rings is 1. The van der Waals surface area contributed by atoms with Crippen LogP contribution in [0.25, 0.3) is 16.9 Å². The first kappa shape index (κ1) is 25.6. The second-order valence-electron chi connectivity index (χ2n) is 9.08. The van der Waals surface area contributed by atoms with E-state index in [1.54, 1.807) is 23.0 Å². The number of anilines is 4. The predicted molar refractivity (Wildman–Crippen MR) is 143 cm³/mol. The molecule has 10 nitrogen and oxygen atoms in total. The first-order chi connectivity index (χ1) is 19.2. The number of fused-ring (bicyclic) bond motifs is 2. The zero-order chi connectivity index (χ0) is 28.0.